The molecule has 3 saturated heterocycles. The summed E-state index contributed by atoms with van der Waals surface area (Å²) in [6.45, 7) is 14.0. The molecule has 64 heavy (non-hydrogen) atoms. The van der Waals surface area contributed by atoms with Crippen LogP contribution >= 0.6 is 0 Å². The van der Waals surface area contributed by atoms with E-state index in [9.17, 15) is 55.9 Å². The van der Waals surface area contributed by atoms with Gasteiger partial charge in [-0.25, -0.2) is 0 Å². The number of ether oxygens (including phenoxy) is 6. The van der Waals surface area contributed by atoms with Gasteiger partial charge in [0.05, 0.1) is 37.4 Å². The van der Waals surface area contributed by atoms with Crippen LogP contribution in [0, 0.1) is 50.2 Å². The predicted octanol–water partition coefficient (Wildman–Crippen LogP) is 1.35. The first kappa shape index (κ1) is 49.0. The third kappa shape index (κ3) is 7.49. The summed E-state index contributed by atoms with van der Waals surface area (Å²) in [5, 5.41) is 108. The molecule has 0 aromatic carbocycles. The molecule has 4 saturated carbocycles. The molecule has 17 heteroatoms. The van der Waals surface area contributed by atoms with Crippen molar-refractivity contribution in [2.24, 2.45) is 50.2 Å². The number of carboxylic acids is 1. The molecule has 8 aliphatic rings. The Hall–Kier alpha value is -1.39. The largest absolute Gasteiger partial charge is 0.481 e. The van der Waals surface area contributed by atoms with E-state index in [4.69, 9.17) is 28.4 Å². The van der Waals surface area contributed by atoms with E-state index < -0.39 is 116 Å². The van der Waals surface area contributed by atoms with E-state index in [1.807, 2.05) is 6.92 Å². The highest BCUT2D eigenvalue weighted by Gasteiger charge is 2.70. The summed E-state index contributed by atoms with van der Waals surface area (Å²) in [6.07, 6.45) is -11.7. The summed E-state index contributed by atoms with van der Waals surface area (Å²) < 4.78 is 36.5. The van der Waals surface area contributed by atoms with Gasteiger partial charge >= 0.3 is 5.97 Å². The maximum atomic E-state index is 13.1. The van der Waals surface area contributed by atoms with Crippen LogP contribution in [0.25, 0.3) is 0 Å². The smallest absolute Gasteiger partial charge is 0.310 e. The van der Waals surface area contributed by atoms with Gasteiger partial charge in [-0.1, -0.05) is 53.2 Å². The molecular weight excluding hydrogens is 837 g/mol. The quantitative estimate of drug-likeness (QED) is 0.116. The fraction of sp³-hybridized carbons (Fsp3) is 0.936. The average molecular weight is 913 g/mol. The summed E-state index contributed by atoms with van der Waals surface area (Å²) in [5.41, 5.74) is -0.704. The first-order chi connectivity index (χ1) is 29.9. The Kier molecular flexibility index (Phi) is 13.2. The number of aliphatic hydroxyl groups excluding tert-OH is 9. The number of carboxylic acid groups (broad SMARTS) is 1. The van der Waals surface area contributed by atoms with Gasteiger partial charge in [-0.2, -0.15) is 0 Å². The molecule has 0 radical (unpaired) electrons. The molecule has 0 aromatic heterocycles. The van der Waals surface area contributed by atoms with Crippen molar-refractivity contribution in [3.63, 3.8) is 0 Å². The summed E-state index contributed by atoms with van der Waals surface area (Å²) in [6, 6.07) is 0. The number of rotatable bonds is 9. The minimum Gasteiger partial charge on any atom is -0.481 e. The Bertz CT molecular complexity index is 1750. The fourth-order valence-electron chi connectivity index (χ4n) is 14.8. The van der Waals surface area contributed by atoms with E-state index in [1.54, 1.807) is 0 Å². The third-order valence-corrected chi connectivity index (χ3v) is 19.1. The third-order valence-electron chi connectivity index (χ3n) is 19.1. The monoisotopic (exact) mass is 913 g/mol. The number of hydrogen-bond donors (Lipinski definition) is 10. The lowest BCUT2D eigenvalue weighted by atomic mass is 9.33. The molecule has 366 valence electrons. The van der Waals surface area contributed by atoms with Gasteiger partial charge in [0, 0.05) is 5.41 Å². The topological polar surface area (TPSA) is 275 Å². The van der Waals surface area contributed by atoms with Gasteiger partial charge in [0.25, 0.3) is 0 Å². The molecule has 3 heterocycles. The molecular formula is C47H76O17. The van der Waals surface area contributed by atoms with Crippen LogP contribution in [0.4, 0.5) is 0 Å². The van der Waals surface area contributed by atoms with Gasteiger partial charge in [-0.05, 0) is 111 Å². The van der Waals surface area contributed by atoms with Crippen molar-refractivity contribution in [2.45, 2.75) is 205 Å². The highest BCUT2D eigenvalue weighted by atomic mass is 16.8. The van der Waals surface area contributed by atoms with Gasteiger partial charge in [0.1, 0.15) is 61.0 Å². The van der Waals surface area contributed by atoms with Crippen LogP contribution in [0.5, 0.6) is 0 Å². The zero-order valence-corrected chi connectivity index (χ0v) is 38.5. The molecule has 8 rings (SSSR count). The Morgan fingerprint density at radius 3 is 2.03 bits per heavy atom. The van der Waals surface area contributed by atoms with Crippen molar-refractivity contribution < 1.29 is 84.3 Å². The molecule has 23 atom stereocenters. The zero-order chi connectivity index (χ0) is 46.7. The van der Waals surface area contributed by atoms with Gasteiger partial charge in [0.15, 0.2) is 18.9 Å². The van der Waals surface area contributed by atoms with Gasteiger partial charge in [0.2, 0.25) is 0 Å². The molecule has 10 N–H and O–H groups in total. The molecule has 0 amide bonds. The van der Waals surface area contributed by atoms with E-state index >= 15 is 0 Å². The van der Waals surface area contributed by atoms with E-state index in [2.05, 4.69) is 40.7 Å². The molecule has 17 nitrogen and oxygen atoms in total. The molecule has 0 unspecified atom stereocenters. The first-order valence-electron chi connectivity index (χ1n) is 23.7. The maximum absolute atomic E-state index is 13.1. The van der Waals surface area contributed by atoms with Crippen LogP contribution in [0.1, 0.15) is 113 Å². The molecule has 0 spiro atoms. The summed E-state index contributed by atoms with van der Waals surface area (Å²) in [4.78, 5) is 13.1. The lowest BCUT2D eigenvalue weighted by Crippen LogP contribution is -2.67. The van der Waals surface area contributed by atoms with Crippen LogP contribution < -0.4 is 0 Å². The molecule has 0 aromatic rings. The van der Waals surface area contributed by atoms with Crippen molar-refractivity contribution in [3.8, 4) is 0 Å². The standard InChI is InChI=1S/C47H76O17/c1-22-30(50)33(53)35(55)38(60-22)64-37-32(52)26(62-39-36(56)34(54)31(51)25(19-48)61-39)20-59-40(37)63-29-11-12-43(4)27(44(29,5)21-49)10-13-46(7)28(43)9-8-23-24-18-42(2,3)14-16-47(24,41(57)58)17-15-45(23,46)6/h8,22,24-40,48-56H,9-21H2,1-7H3,(H,57,58)/t22-,24+,25+,26-,27+,28+,29-,30-,31+,32-,33+,34-,35+,36+,37+,38-,39-,40-,43-,44-,45+,46+,47-/m0/s1. The Labute approximate surface area is 376 Å². The van der Waals surface area contributed by atoms with Crippen LogP contribution in [0.15, 0.2) is 11.6 Å². The second kappa shape index (κ2) is 17.2. The molecule has 5 aliphatic carbocycles. The van der Waals surface area contributed by atoms with Crippen molar-refractivity contribution in [1.82, 2.24) is 0 Å². The van der Waals surface area contributed by atoms with Crippen LogP contribution in [-0.4, -0.2) is 169 Å². The second-order valence-electron chi connectivity index (χ2n) is 22.9. The normalized spacial score (nSPS) is 55.0. The van der Waals surface area contributed by atoms with Crippen molar-refractivity contribution in [2.75, 3.05) is 19.8 Å². The van der Waals surface area contributed by atoms with Crippen LogP contribution in [-0.2, 0) is 33.2 Å². The van der Waals surface area contributed by atoms with Crippen molar-refractivity contribution >= 4 is 5.97 Å². The van der Waals surface area contributed by atoms with E-state index in [-0.39, 0.29) is 52.6 Å². The zero-order valence-electron chi connectivity index (χ0n) is 38.5. The lowest BCUT2D eigenvalue weighted by Gasteiger charge is -2.71. The minimum absolute atomic E-state index is 0.00757. The van der Waals surface area contributed by atoms with Gasteiger partial charge < -0.3 is 79.5 Å². The summed E-state index contributed by atoms with van der Waals surface area (Å²) in [5.74, 6) is -0.441. The van der Waals surface area contributed by atoms with Crippen molar-refractivity contribution in [1.29, 1.82) is 0 Å². The van der Waals surface area contributed by atoms with E-state index in [0.29, 0.717) is 19.3 Å². The molecule has 7 fully saturated rings. The Morgan fingerprint density at radius 2 is 1.38 bits per heavy atom. The highest BCUT2D eigenvalue weighted by Crippen LogP contribution is 2.76. The minimum atomic E-state index is -1.77. The Balaban J connectivity index is 1.05. The highest BCUT2D eigenvalue weighted by molar-refractivity contribution is 5.76. The number of aliphatic hydroxyl groups is 9. The molecule has 0 bridgehead atoms. The fourth-order valence-corrected chi connectivity index (χ4v) is 14.8. The van der Waals surface area contributed by atoms with Crippen molar-refractivity contribution in [3.05, 3.63) is 11.6 Å². The Morgan fingerprint density at radius 1 is 0.719 bits per heavy atom. The molecule has 3 aliphatic heterocycles. The second-order valence-corrected chi connectivity index (χ2v) is 22.9. The number of fused-ring (bicyclic) bond motifs is 7. The predicted molar refractivity (Wildman–Crippen MR) is 225 cm³/mol. The number of hydrogen-bond acceptors (Lipinski definition) is 16. The summed E-state index contributed by atoms with van der Waals surface area (Å²) in [7, 11) is 0. The van der Waals surface area contributed by atoms with E-state index in [1.165, 1.54) is 12.5 Å². The number of allylic oxidation sites excluding steroid dienone is 2. The summed E-state index contributed by atoms with van der Waals surface area (Å²) >= 11 is 0. The van der Waals surface area contributed by atoms with E-state index in [0.717, 1.165) is 44.9 Å². The first-order valence-corrected chi connectivity index (χ1v) is 23.7. The van der Waals surface area contributed by atoms with Gasteiger partial charge in [-0.15, -0.1) is 0 Å². The SMILES string of the molecule is C[C@@H]1O[C@@H](O[C@H]2[C@H](O[C@H]3CC[C@@]4(C)[C@@H](CC[C@]5(C)[C@@H]4CC=C4[C@H]6CC(C)(C)CC[C@]6(C(=O)O)CC[C@]45C)[C@]3(C)CO)OC[C@H](O[C@@H]3O[C@H](CO)[C@@H](O)[C@H](O)[C@H]3O)[C@@H]2O)[C@H](O)[C@H](O)[C@H]1O. The van der Waals surface area contributed by atoms with Crippen LogP contribution in [0.3, 0.4) is 0 Å². The number of aliphatic carboxylic acids is 1. The van der Waals surface area contributed by atoms with Gasteiger partial charge in [-0.3, -0.25) is 4.79 Å². The average Bonchev–Trinajstić information content (AvgIpc) is 3.24. The van der Waals surface area contributed by atoms with Crippen LogP contribution in [0.2, 0.25) is 0 Å². The lowest BCUT2D eigenvalue weighted by molar-refractivity contribution is -0.381. The number of carbonyl (C=O) groups is 1. The maximum Gasteiger partial charge on any atom is 0.310 e.